The molecule has 2 aromatic rings. The van der Waals surface area contributed by atoms with Gasteiger partial charge in [-0.2, -0.15) is 0 Å². The topological polar surface area (TPSA) is 29.9 Å². The van der Waals surface area contributed by atoms with Crippen LogP contribution in [-0.4, -0.2) is 16.1 Å². The van der Waals surface area contributed by atoms with Crippen molar-refractivity contribution in [2.45, 2.75) is 32.7 Å². The molecule has 3 rings (SSSR count). The average molecular weight is 241 g/mol. The van der Waals surface area contributed by atoms with Crippen LogP contribution in [0.5, 0.6) is 0 Å². The van der Waals surface area contributed by atoms with E-state index in [1.807, 2.05) is 12.5 Å². The first-order valence-electron chi connectivity index (χ1n) is 6.61. The monoisotopic (exact) mass is 241 g/mol. The van der Waals surface area contributed by atoms with Gasteiger partial charge < -0.3 is 9.88 Å². The zero-order valence-corrected chi connectivity index (χ0v) is 11.0. The van der Waals surface area contributed by atoms with Gasteiger partial charge in [0.25, 0.3) is 0 Å². The van der Waals surface area contributed by atoms with Crippen molar-refractivity contribution in [2.75, 3.05) is 6.54 Å². The fraction of sp³-hybridized carbons (Fsp3) is 0.400. The molecule has 0 saturated carbocycles. The Kier molecular flexibility index (Phi) is 2.92. The van der Waals surface area contributed by atoms with E-state index < -0.39 is 0 Å². The zero-order chi connectivity index (χ0) is 12.5. The van der Waals surface area contributed by atoms with Crippen molar-refractivity contribution in [3.63, 3.8) is 0 Å². The standard InChI is InChI=1S/C15H19N3/c1-11(2)15-9-17-10-18(15)14-4-3-12-5-6-16-8-13(12)7-14/h3-4,7,9-11,16H,5-6,8H2,1-2H3. The number of benzene rings is 1. The highest BCUT2D eigenvalue weighted by Crippen LogP contribution is 2.22. The Labute approximate surface area is 108 Å². The van der Waals surface area contributed by atoms with Gasteiger partial charge in [-0.05, 0) is 42.1 Å². The SMILES string of the molecule is CC(C)c1cncn1-c1ccc2c(c1)CNCC2. The van der Waals surface area contributed by atoms with Crippen molar-refractivity contribution < 1.29 is 0 Å². The Balaban J connectivity index is 2.04. The first kappa shape index (κ1) is 11.5. The second-order valence-corrected chi connectivity index (χ2v) is 5.22. The number of aromatic nitrogens is 2. The lowest BCUT2D eigenvalue weighted by molar-refractivity contribution is 0.643. The zero-order valence-electron chi connectivity index (χ0n) is 11.0. The van der Waals surface area contributed by atoms with Crippen molar-refractivity contribution >= 4 is 0 Å². The number of rotatable bonds is 2. The molecule has 0 radical (unpaired) electrons. The molecule has 0 fully saturated rings. The maximum Gasteiger partial charge on any atom is 0.0994 e. The fourth-order valence-electron chi connectivity index (χ4n) is 2.56. The molecule has 18 heavy (non-hydrogen) atoms. The molecule has 3 nitrogen and oxygen atoms in total. The highest BCUT2D eigenvalue weighted by Gasteiger charge is 2.12. The molecule has 0 unspecified atom stereocenters. The van der Waals surface area contributed by atoms with E-state index >= 15 is 0 Å². The van der Waals surface area contributed by atoms with E-state index in [1.54, 1.807) is 0 Å². The van der Waals surface area contributed by atoms with Crippen LogP contribution in [0.2, 0.25) is 0 Å². The lowest BCUT2D eigenvalue weighted by Crippen LogP contribution is -2.23. The summed E-state index contributed by atoms with van der Waals surface area (Å²) in [5.74, 6) is 0.488. The van der Waals surface area contributed by atoms with E-state index in [0.29, 0.717) is 5.92 Å². The number of nitrogens with one attached hydrogen (secondary N) is 1. The van der Waals surface area contributed by atoms with Crippen molar-refractivity contribution in [1.29, 1.82) is 0 Å². The number of fused-ring (bicyclic) bond motifs is 1. The Hall–Kier alpha value is -1.61. The summed E-state index contributed by atoms with van der Waals surface area (Å²) in [4.78, 5) is 4.28. The van der Waals surface area contributed by atoms with Gasteiger partial charge in [0.15, 0.2) is 0 Å². The van der Waals surface area contributed by atoms with Gasteiger partial charge in [-0.3, -0.25) is 0 Å². The highest BCUT2D eigenvalue weighted by molar-refractivity contribution is 5.43. The van der Waals surface area contributed by atoms with Crippen LogP contribution in [0.15, 0.2) is 30.7 Å². The smallest absolute Gasteiger partial charge is 0.0994 e. The fourth-order valence-corrected chi connectivity index (χ4v) is 2.56. The van der Waals surface area contributed by atoms with E-state index in [2.05, 4.69) is 46.9 Å². The minimum atomic E-state index is 0.488. The Morgan fingerprint density at radius 2 is 2.17 bits per heavy atom. The van der Waals surface area contributed by atoms with Crippen molar-refractivity contribution in [3.05, 3.63) is 47.5 Å². The Bertz CT molecular complexity index is 555. The number of hydrogen-bond acceptors (Lipinski definition) is 2. The molecule has 2 heterocycles. The van der Waals surface area contributed by atoms with E-state index in [-0.39, 0.29) is 0 Å². The van der Waals surface area contributed by atoms with Crippen LogP contribution in [0, 0.1) is 0 Å². The first-order valence-corrected chi connectivity index (χ1v) is 6.61. The molecule has 1 N–H and O–H groups in total. The maximum absolute atomic E-state index is 4.28. The number of nitrogens with zero attached hydrogens (tertiary/aromatic N) is 2. The summed E-state index contributed by atoms with van der Waals surface area (Å²) in [6.45, 7) is 6.48. The highest BCUT2D eigenvalue weighted by atomic mass is 15.1. The molecule has 1 aromatic carbocycles. The third kappa shape index (κ3) is 1.95. The largest absolute Gasteiger partial charge is 0.312 e. The van der Waals surface area contributed by atoms with Gasteiger partial charge in [-0.1, -0.05) is 19.9 Å². The summed E-state index contributed by atoms with van der Waals surface area (Å²) in [7, 11) is 0. The second kappa shape index (κ2) is 4.58. The van der Waals surface area contributed by atoms with E-state index in [0.717, 1.165) is 19.5 Å². The molecular formula is C15H19N3. The van der Waals surface area contributed by atoms with Gasteiger partial charge in [0.05, 0.1) is 6.33 Å². The van der Waals surface area contributed by atoms with Crippen LogP contribution in [0.25, 0.3) is 5.69 Å². The van der Waals surface area contributed by atoms with E-state index in [9.17, 15) is 0 Å². The van der Waals surface area contributed by atoms with Crippen molar-refractivity contribution in [2.24, 2.45) is 0 Å². The number of imidazole rings is 1. The Morgan fingerprint density at radius 3 is 3.00 bits per heavy atom. The van der Waals surface area contributed by atoms with Gasteiger partial charge in [0.2, 0.25) is 0 Å². The minimum Gasteiger partial charge on any atom is -0.312 e. The van der Waals surface area contributed by atoms with Crippen LogP contribution < -0.4 is 5.32 Å². The summed E-state index contributed by atoms with van der Waals surface area (Å²) >= 11 is 0. The van der Waals surface area contributed by atoms with Gasteiger partial charge in [-0.25, -0.2) is 4.98 Å². The molecule has 3 heteroatoms. The molecule has 1 aliphatic heterocycles. The van der Waals surface area contributed by atoms with Gasteiger partial charge >= 0.3 is 0 Å². The average Bonchev–Trinajstić information content (AvgIpc) is 2.87. The predicted molar refractivity (Wildman–Crippen MR) is 73.1 cm³/mol. The summed E-state index contributed by atoms with van der Waals surface area (Å²) < 4.78 is 2.19. The molecule has 94 valence electrons. The summed E-state index contributed by atoms with van der Waals surface area (Å²) in [6.07, 6.45) is 5.01. The van der Waals surface area contributed by atoms with Crippen molar-refractivity contribution in [3.8, 4) is 5.69 Å². The normalized spacial score (nSPS) is 14.8. The quantitative estimate of drug-likeness (QED) is 0.876. The molecule has 0 spiro atoms. The Morgan fingerprint density at radius 1 is 1.28 bits per heavy atom. The number of hydrogen-bond donors (Lipinski definition) is 1. The lowest BCUT2D eigenvalue weighted by atomic mass is 10.0. The summed E-state index contributed by atoms with van der Waals surface area (Å²) in [5.41, 5.74) is 5.38. The van der Waals surface area contributed by atoms with Crippen molar-refractivity contribution in [1.82, 2.24) is 14.9 Å². The van der Waals surface area contributed by atoms with Crippen LogP contribution in [-0.2, 0) is 13.0 Å². The lowest BCUT2D eigenvalue weighted by Gasteiger charge is -2.19. The summed E-state index contributed by atoms with van der Waals surface area (Å²) in [5, 5.41) is 3.43. The molecule has 0 atom stereocenters. The molecule has 0 bridgehead atoms. The van der Waals surface area contributed by atoms with Gasteiger partial charge in [-0.15, -0.1) is 0 Å². The molecule has 0 amide bonds. The van der Waals surface area contributed by atoms with Crippen LogP contribution in [0.1, 0.15) is 36.6 Å². The minimum absolute atomic E-state index is 0.488. The second-order valence-electron chi connectivity index (χ2n) is 5.22. The van der Waals surface area contributed by atoms with Crippen LogP contribution in [0.3, 0.4) is 0 Å². The molecule has 0 aliphatic carbocycles. The third-order valence-corrected chi connectivity index (χ3v) is 3.61. The van der Waals surface area contributed by atoms with Gasteiger partial charge in [0, 0.05) is 24.1 Å². The van der Waals surface area contributed by atoms with Crippen LogP contribution >= 0.6 is 0 Å². The van der Waals surface area contributed by atoms with Crippen LogP contribution in [0.4, 0.5) is 0 Å². The third-order valence-electron chi connectivity index (χ3n) is 3.61. The maximum atomic E-state index is 4.28. The molecular weight excluding hydrogens is 222 g/mol. The molecule has 1 aromatic heterocycles. The van der Waals surface area contributed by atoms with Gasteiger partial charge in [0.1, 0.15) is 0 Å². The molecule has 0 saturated heterocycles. The van der Waals surface area contributed by atoms with E-state index in [1.165, 1.54) is 22.5 Å². The predicted octanol–water partition coefficient (Wildman–Crippen LogP) is 2.64. The first-order chi connectivity index (χ1) is 8.75. The summed E-state index contributed by atoms with van der Waals surface area (Å²) in [6, 6.07) is 6.75. The van der Waals surface area contributed by atoms with E-state index in [4.69, 9.17) is 0 Å². The molecule has 1 aliphatic rings.